The lowest BCUT2D eigenvalue weighted by Gasteiger charge is -2.25. The molecule has 1 aliphatic heterocycles. The van der Waals surface area contributed by atoms with Crippen molar-refractivity contribution in [1.82, 2.24) is 15.3 Å². The van der Waals surface area contributed by atoms with Crippen LogP contribution in [-0.2, 0) is 0 Å². The van der Waals surface area contributed by atoms with Crippen molar-refractivity contribution >= 4 is 11.7 Å². The largest absolute Gasteiger partial charge is 0.340 e. The minimum absolute atomic E-state index is 0.223. The molecule has 0 atom stereocenters. The van der Waals surface area contributed by atoms with Gasteiger partial charge in [0.05, 0.1) is 12.9 Å². The van der Waals surface area contributed by atoms with Crippen LogP contribution in [0.1, 0.15) is 10.5 Å². The van der Waals surface area contributed by atoms with Crippen LogP contribution < -0.4 is 15.8 Å². The fraction of sp³-hybridized carbons (Fsp3) is 0.286. The molecule has 0 spiro atoms. The van der Waals surface area contributed by atoms with Crippen LogP contribution in [-0.4, -0.2) is 29.6 Å². The van der Waals surface area contributed by atoms with E-state index in [2.05, 4.69) is 15.3 Å². The number of nitrogens with one attached hydrogen (secondary N) is 2. The zero-order chi connectivity index (χ0) is 9.42. The summed E-state index contributed by atoms with van der Waals surface area (Å²) < 4.78 is 0. The number of carbonyl (C=O) groups is 1. The van der Waals surface area contributed by atoms with Crippen LogP contribution >= 0.6 is 0 Å². The molecule has 6 nitrogen and oxygen atoms in total. The summed E-state index contributed by atoms with van der Waals surface area (Å²) in [7, 11) is 1.78. The molecule has 6 heteroatoms. The highest BCUT2D eigenvalue weighted by Gasteiger charge is 2.21. The molecule has 2 rings (SSSR count). The first-order valence-electron chi connectivity index (χ1n) is 3.77. The maximum atomic E-state index is 11.2. The number of aromatic nitrogens is 2. The van der Waals surface area contributed by atoms with Gasteiger partial charge in [0, 0.05) is 7.05 Å². The number of rotatable bonds is 0. The summed E-state index contributed by atoms with van der Waals surface area (Å²) in [6, 6.07) is 0. The first-order valence-corrected chi connectivity index (χ1v) is 3.77. The van der Waals surface area contributed by atoms with E-state index >= 15 is 0 Å². The molecule has 2 N–H and O–H groups in total. The Morgan fingerprint density at radius 1 is 1.54 bits per heavy atom. The van der Waals surface area contributed by atoms with E-state index in [4.69, 9.17) is 0 Å². The van der Waals surface area contributed by atoms with Crippen molar-refractivity contribution in [3.63, 3.8) is 0 Å². The van der Waals surface area contributed by atoms with Crippen molar-refractivity contribution in [1.29, 1.82) is 0 Å². The van der Waals surface area contributed by atoms with Gasteiger partial charge < -0.3 is 15.2 Å². The van der Waals surface area contributed by atoms with Crippen LogP contribution in [0.15, 0.2) is 11.0 Å². The molecule has 0 aliphatic carbocycles. The molecule has 0 aromatic carbocycles. The third-order valence-corrected chi connectivity index (χ3v) is 1.84. The van der Waals surface area contributed by atoms with Crippen molar-refractivity contribution in [2.45, 2.75) is 0 Å². The van der Waals surface area contributed by atoms with E-state index in [0.717, 1.165) is 6.20 Å². The molecule has 2 heterocycles. The standard InChI is InChI=1S/C7H8N4O2/c1-11-3-9-7(13)5-6(11)8-2-4(12)10-5/h2H,3H2,1H3,(H,9,13)(H,10,12). The lowest BCUT2D eigenvalue weighted by Crippen LogP contribution is -2.43. The van der Waals surface area contributed by atoms with Crippen LogP contribution in [0.25, 0.3) is 0 Å². The van der Waals surface area contributed by atoms with Gasteiger partial charge in [0.2, 0.25) is 0 Å². The van der Waals surface area contributed by atoms with Gasteiger partial charge in [-0.2, -0.15) is 0 Å². The van der Waals surface area contributed by atoms with Gasteiger partial charge in [-0.1, -0.05) is 0 Å². The quantitative estimate of drug-likeness (QED) is 0.531. The van der Waals surface area contributed by atoms with Crippen LogP contribution in [0.2, 0.25) is 0 Å². The highest BCUT2D eigenvalue weighted by molar-refractivity contribution is 5.98. The summed E-state index contributed by atoms with van der Waals surface area (Å²) in [5.41, 5.74) is -0.148. The summed E-state index contributed by atoms with van der Waals surface area (Å²) >= 11 is 0. The van der Waals surface area contributed by atoms with E-state index in [0.29, 0.717) is 12.5 Å². The lowest BCUT2D eigenvalue weighted by molar-refractivity contribution is 0.0942. The molecule has 13 heavy (non-hydrogen) atoms. The zero-order valence-corrected chi connectivity index (χ0v) is 7.00. The van der Waals surface area contributed by atoms with Crippen LogP contribution in [0.3, 0.4) is 0 Å². The minimum atomic E-state index is -0.371. The molecule has 0 fully saturated rings. The number of carbonyl (C=O) groups excluding carboxylic acids is 1. The summed E-state index contributed by atoms with van der Waals surface area (Å²) in [4.78, 5) is 30.2. The van der Waals surface area contributed by atoms with Gasteiger partial charge in [-0.3, -0.25) is 9.59 Å². The maximum absolute atomic E-state index is 11.2. The predicted molar refractivity (Wildman–Crippen MR) is 45.6 cm³/mol. The number of nitrogens with zero attached hydrogens (tertiary/aromatic N) is 2. The monoisotopic (exact) mass is 180 g/mol. The van der Waals surface area contributed by atoms with Gasteiger partial charge in [-0.25, -0.2) is 4.98 Å². The molecule has 0 saturated carbocycles. The smallest absolute Gasteiger partial charge is 0.273 e. The number of anilines is 1. The fourth-order valence-electron chi connectivity index (χ4n) is 1.20. The molecular formula is C7H8N4O2. The Labute approximate surface area is 73.6 Å². The summed E-state index contributed by atoms with van der Waals surface area (Å²) in [6.07, 6.45) is 1.16. The first-order chi connectivity index (χ1) is 6.18. The average molecular weight is 180 g/mol. The van der Waals surface area contributed by atoms with Gasteiger partial charge in [0.1, 0.15) is 5.69 Å². The molecule has 0 unspecified atom stereocenters. The Hall–Kier alpha value is -1.85. The maximum Gasteiger partial charge on any atom is 0.273 e. The molecule has 0 bridgehead atoms. The first kappa shape index (κ1) is 7.78. The van der Waals surface area contributed by atoms with E-state index < -0.39 is 0 Å². The predicted octanol–water partition coefficient (Wildman–Crippen LogP) is -1.09. The number of hydrogen-bond acceptors (Lipinski definition) is 4. The SMILES string of the molecule is CN1CNC(=O)c2[nH]c(=O)cnc21. The topological polar surface area (TPSA) is 78.1 Å². The number of hydrogen-bond donors (Lipinski definition) is 2. The summed E-state index contributed by atoms with van der Waals surface area (Å²) in [6.45, 7) is 0.408. The van der Waals surface area contributed by atoms with E-state index in [-0.39, 0.29) is 17.2 Å². The van der Waals surface area contributed by atoms with E-state index in [1.54, 1.807) is 11.9 Å². The van der Waals surface area contributed by atoms with Gasteiger partial charge in [-0.05, 0) is 0 Å². The second kappa shape index (κ2) is 2.58. The molecule has 1 aromatic rings. The molecule has 1 aliphatic rings. The molecular weight excluding hydrogens is 172 g/mol. The van der Waals surface area contributed by atoms with Gasteiger partial charge in [0.15, 0.2) is 5.82 Å². The van der Waals surface area contributed by atoms with Crippen molar-refractivity contribution < 1.29 is 4.79 Å². The van der Waals surface area contributed by atoms with Crippen molar-refractivity contribution in [2.24, 2.45) is 0 Å². The van der Waals surface area contributed by atoms with E-state index in [1.165, 1.54) is 0 Å². The third-order valence-electron chi connectivity index (χ3n) is 1.84. The summed E-state index contributed by atoms with van der Waals surface area (Å²) in [5.74, 6) is 0.210. The van der Waals surface area contributed by atoms with Crippen LogP contribution in [0, 0.1) is 0 Å². The van der Waals surface area contributed by atoms with E-state index in [1.807, 2.05) is 0 Å². The Kier molecular flexibility index (Phi) is 1.54. The van der Waals surface area contributed by atoms with Crippen molar-refractivity contribution in [3.05, 3.63) is 22.2 Å². The average Bonchev–Trinajstić information content (AvgIpc) is 2.12. The number of fused-ring (bicyclic) bond motifs is 1. The fourth-order valence-corrected chi connectivity index (χ4v) is 1.20. The molecule has 1 aromatic heterocycles. The molecule has 0 saturated heterocycles. The zero-order valence-electron chi connectivity index (χ0n) is 7.00. The van der Waals surface area contributed by atoms with Crippen LogP contribution in [0.4, 0.5) is 5.82 Å². The summed E-state index contributed by atoms with van der Waals surface area (Å²) in [5, 5.41) is 2.59. The molecule has 0 radical (unpaired) electrons. The minimum Gasteiger partial charge on any atom is -0.340 e. The second-order valence-electron chi connectivity index (χ2n) is 2.81. The molecule has 1 amide bonds. The van der Waals surface area contributed by atoms with Crippen LogP contribution in [0.5, 0.6) is 0 Å². The highest BCUT2D eigenvalue weighted by Crippen LogP contribution is 2.14. The lowest BCUT2D eigenvalue weighted by atomic mass is 10.3. The number of H-pyrrole nitrogens is 1. The Morgan fingerprint density at radius 2 is 2.31 bits per heavy atom. The normalized spacial score (nSPS) is 15.2. The Balaban J connectivity index is 2.63. The van der Waals surface area contributed by atoms with Crippen molar-refractivity contribution in [2.75, 3.05) is 18.6 Å². The highest BCUT2D eigenvalue weighted by atomic mass is 16.2. The second-order valence-corrected chi connectivity index (χ2v) is 2.81. The van der Waals surface area contributed by atoms with Gasteiger partial charge >= 0.3 is 0 Å². The molecule has 68 valence electrons. The van der Waals surface area contributed by atoms with Gasteiger partial charge in [0.25, 0.3) is 11.5 Å². The third kappa shape index (κ3) is 1.16. The number of aromatic amines is 1. The Morgan fingerprint density at radius 3 is 3.08 bits per heavy atom. The Bertz CT molecular complexity index is 411. The van der Waals surface area contributed by atoms with E-state index in [9.17, 15) is 9.59 Å². The van der Waals surface area contributed by atoms with Gasteiger partial charge in [-0.15, -0.1) is 0 Å². The number of amides is 1. The van der Waals surface area contributed by atoms with Crippen molar-refractivity contribution in [3.8, 4) is 0 Å².